The molecule has 0 aromatic rings. The van der Waals surface area contributed by atoms with Gasteiger partial charge in [0.15, 0.2) is 0 Å². The van der Waals surface area contributed by atoms with Crippen molar-refractivity contribution >= 4 is 0 Å². The van der Waals surface area contributed by atoms with Crippen LogP contribution in [0.5, 0.6) is 0 Å². The van der Waals surface area contributed by atoms with E-state index in [4.69, 9.17) is 4.74 Å². The van der Waals surface area contributed by atoms with E-state index in [9.17, 15) is 0 Å². The third-order valence-electron chi connectivity index (χ3n) is 4.81. The average Bonchev–Trinajstić information content (AvgIpc) is 2.82. The van der Waals surface area contributed by atoms with Gasteiger partial charge in [-0.2, -0.15) is 0 Å². The molecule has 0 bridgehead atoms. The summed E-state index contributed by atoms with van der Waals surface area (Å²) in [7, 11) is 0. The van der Waals surface area contributed by atoms with E-state index < -0.39 is 0 Å². The minimum absolute atomic E-state index is 0.471. The fourth-order valence-corrected chi connectivity index (χ4v) is 3.68. The van der Waals surface area contributed by atoms with Crippen LogP contribution < -0.4 is 5.32 Å². The zero-order chi connectivity index (χ0) is 12.8. The third kappa shape index (κ3) is 3.96. The number of hydrogen-bond donors (Lipinski definition) is 1. The van der Waals surface area contributed by atoms with Gasteiger partial charge in [0.2, 0.25) is 0 Å². The van der Waals surface area contributed by atoms with Crippen LogP contribution in [0.1, 0.15) is 65.2 Å². The molecule has 0 spiro atoms. The van der Waals surface area contributed by atoms with Crippen molar-refractivity contribution in [3.8, 4) is 0 Å². The second kappa shape index (κ2) is 7.49. The van der Waals surface area contributed by atoms with Crippen LogP contribution in [0, 0.1) is 11.8 Å². The lowest BCUT2D eigenvalue weighted by Gasteiger charge is -2.32. The molecule has 2 nitrogen and oxygen atoms in total. The van der Waals surface area contributed by atoms with Gasteiger partial charge in [0.1, 0.15) is 0 Å². The Bertz CT molecular complexity index is 225. The lowest BCUT2D eigenvalue weighted by molar-refractivity contribution is 0.0503. The zero-order valence-electron chi connectivity index (χ0n) is 12.3. The molecule has 2 fully saturated rings. The van der Waals surface area contributed by atoms with Gasteiger partial charge in [-0.1, -0.05) is 46.0 Å². The molecule has 1 saturated carbocycles. The molecule has 2 heteroatoms. The predicted molar refractivity (Wildman–Crippen MR) is 76.8 cm³/mol. The van der Waals surface area contributed by atoms with Gasteiger partial charge in [-0.15, -0.1) is 0 Å². The standard InChI is InChI=1S/C16H31NO/c1-3-10-17-15(16-13(2)9-11-18-16)12-14-7-5-4-6-8-14/h13-17H,3-12H2,1-2H3. The first kappa shape index (κ1) is 14.3. The van der Waals surface area contributed by atoms with Crippen molar-refractivity contribution in [2.24, 2.45) is 11.8 Å². The second-order valence-electron chi connectivity index (χ2n) is 6.40. The van der Waals surface area contributed by atoms with Crippen molar-refractivity contribution in [1.82, 2.24) is 5.32 Å². The summed E-state index contributed by atoms with van der Waals surface area (Å²) in [6, 6.07) is 0.602. The zero-order valence-corrected chi connectivity index (χ0v) is 12.3. The molecule has 18 heavy (non-hydrogen) atoms. The maximum Gasteiger partial charge on any atom is 0.0754 e. The van der Waals surface area contributed by atoms with Crippen molar-refractivity contribution in [3.63, 3.8) is 0 Å². The summed E-state index contributed by atoms with van der Waals surface area (Å²) < 4.78 is 6.00. The summed E-state index contributed by atoms with van der Waals surface area (Å²) in [5.41, 5.74) is 0. The van der Waals surface area contributed by atoms with Gasteiger partial charge in [-0.3, -0.25) is 0 Å². The van der Waals surface area contributed by atoms with Crippen LogP contribution in [0.15, 0.2) is 0 Å². The van der Waals surface area contributed by atoms with Crippen LogP contribution in [0.2, 0.25) is 0 Å². The molecule has 1 aliphatic heterocycles. The van der Waals surface area contributed by atoms with Crippen LogP contribution in [0.25, 0.3) is 0 Å². The van der Waals surface area contributed by atoms with Crippen molar-refractivity contribution in [2.75, 3.05) is 13.2 Å². The highest BCUT2D eigenvalue weighted by Crippen LogP contribution is 2.31. The Labute approximate surface area is 113 Å². The van der Waals surface area contributed by atoms with Gasteiger partial charge in [0, 0.05) is 12.6 Å². The highest BCUT2D eigenvalue weighted by atomic mass is 16.5. The Hall–Kier alpha value is -0.0800. The smallest absolute Gasteiger partial charge is 0.0754 e. The van der Waals surface area contributed by atoms with E-state index in [1.54, 1.807) is 0 Å². The molecule has 1 N–H and O–H groups in total. The molecule has 2 aliphatic rings. The molecule has 3 atom stereocenters. The van der Waals surface area contributed by atoms with Crippen LogP contribution in [-0.4, -0.2) is 25.3 Å². The van der Waals surface area contributed by atoms with Crippen molar-refractivity contribution in [3.05, 3.63) is 0 Å². The van der Waals surface area contributed by atoms with E-state index in [0.717, 1.165) is 25.0 Å². The maximum atomic E-state index is 6.00. The minimum Gasteiger partial charge on any atom is -0.376 e. The monoisotopic (exact) mass is 253 g/mol. The molecule has 0 amide bonds. The number of hydrogen-bond acceptors (Lipinski definition) is 2. The van der Waals surface area contributed by atoms with E-state index in [-0.39, 0.29) is 0 Å². The summed E-state index contributed by atoms with van der Waals surface area (Å²) in [4.78, 5) is 0. The quantitative estimate of drug-likeness (QED) is 0.778. The Morgan fingerprint density at radius 1 is 1.17 bits per heavy atom. The van der Waals surface area contributed by atoms with Crippen molar-refractivity contribution in [1.29, 1.82) is 0 Å². The Balaban J connectivity index is 1.86. The topological polar surface area (TPSA) is 21.3 Å². The van der Waals surface area contributed by atoms with Gasteiger partial charge in [-0.25, -0.2) is 0 Å². The maximum absolute atomic E-state index is 6.00. The molecular formula is C16H31NO. The normalized spacial score (nSPS) is 31.7. The molecule has 2 rings (SSSR count). The number of nitrogens with one attached hydrogen (secondary N) is 1. The summed E-state index contributed by atoms with van der Waals surface area (Å²) in [5, 5.41) is 3.76. The van der Waals surface area contributed by atoms with E-state index >= 15 is 0 Å². The lowest BCUT2D eigenvalue weighted by Crippen LogP contribution is -2.44. The van der Waals surface area contributed by atoms with Crippen molar-refractivity contribution < 1.29 is 4.74 Å². The van der Waals surface area contributed by atoms with Gasteiger partial charge in [-0.05, 0) is 37.6 Å². The van der Waals surface area contributed by atoms with E-state index in [2.05, 4.69) is 19.2 Å². The largest absolute Gasteiger partial charge is 0.376 e. The first-order valence-electron chi connectivity index (χ1n) is 8.16. The van der Waals surface area contributed by atoms with Gasteiger partial charge in [0.25, 0.3) is 0 Å². The first-order valence-corrected chi connectivity index (χ1v) is 8.16. The van der Waals surface area contributed by atoms with Crippen LogP contribution in [-0.2, 0) is 4.74 Å². The van der Waals surface area contributed by atoms with Gasteiger partial charge in [0.05, 0.1) is 6.10 Å². The fourth-order valence-electron chi connectivity index (χ4n) is 3.68. The van der Waals surface area contributed by atoms with Crippen LogP contribution in [0.4, 0.5) is 0 Å². The summed E-state index contributed by atoms with van der Waals surface area (Å²) in [6.45, 7) is 6.73. The molecule has 1 saturated heterocycles. The average molecular weight is 253 g/mol. The highest BCUT2D eigenvalue weighted by molar-refractivity contribution is 4.87. The molecule has 3 unspecified atom stereocenters. The summed E-state index contributed by atoms with van der Waals surface area (Å²) in [6.07, 6.45) is 11.5. The first-order chi connectivity index (χ1) is 8.81. The van der Waals surface area contributed by atoms with E-state index in [1.807, 2.05) is 0 Å². The van der Waals surface area contributed by atoms with Gasteiger partial charge >= 0.3 is 0 Å². The summed E-state index contributed by atoms with van der Waals surface area (Å²) >= 11 is 0. The van der Waals surface area contributed by atoms with Gasteiger partial charge < -0.3 is 10.1 Å². The molecule has 106 valence electrons. The SMILES string of the molecule is CCCNC(CC1CCCCC1)C1OCCC1C. The Morgan fingerprint density at radius 2 is 1.94 bits per heavy atom. The molecular weight excluding hydrogens is 222 g/mol. The molecule has 1 aliphatic carbocycles. The highest BCUT2D eigenvalue weighted by Gasteiger charge is 2.33. The number of rotatable bonds is 6. The van der Waals surface area contributed by atoms with Crippen LogP contribution >= 0.6 is 0 Å². The molecule has 0 radical (unpaired) electrons. The van der Waals surface area contributed by atoms with E-state index in [1.165, 1.54) is 51.4 Å². The Morgan fingerprint density at radius 3 is 2.56 bits per heavy atom. The van der Waals surface area contributed by atoms with Crippen molar-refractivity contribution in [2.45, 2.75) is 77.4 Å². The number of ether oxygens (including phenoxy) is 1. The molecule has 0 aromatic heterocycles. The fraction of sp³-hybridized carbons (Fsp3) is 1.00. The Kier molecular flexibility index (Phi) is 5.97. The van der Waals surface area contributed by atoms with Crippen LogP contribution in [0.3, 0.4) is 0 Å². The summed E-state index contributed by atoms with van der Waals surface area (Å²) in [5.74, 6) is 1.69. The molecule has 0 aromatic carbocycles. The minimum atomic E-state index is 0.471. The molecule has 1 heterocycles. The second-order valence-corrected chi connectivity index (χ2v) is 6.40. The predicted octanol–water partition coefficient (Wildman–Crippen LogP) is 3.75. The van der Waals surface area contributed by atoms with E-state index in [0.29, 0.717) is 12.1 Å². The third-order valence-corrected chi connectivity index (χ3v) is 4.81. The lowest BCUT2D eigenvalue weighted by atomic mass is 9.82.